The first-order valence-electron chi connectivity index (χ1n) is 8.95. The standard InChI is InChI=1S/C19H25N5S/c1-14-6-7-16(23-10-8-22(3)9-11-23)19-20-15(2)21-24(19)17(13-14)18-5-4-12-25-18/h4-5,7,12-14H,6,8-11H2,1-3H3. The minimum Gasteiger partial charge on any atom is -0.366 e. The zero-order valence-electron chi connectivity index (χ0n) is 15.1. The molecule has 4 rings (SSSR count). The third-order valence-corrected chi connectivity index (χ3v) is 5.81. The third kappa shape index (κ3) is 3.28. The Balaban J connectivity index is 1.79. The Morgan fingerprint density at radius 1 is 1.16 bits per heavy atom. The fourth-order valence-corrected chi connectivity index (χ4v) is 4.21. The lowest BCUT2D eigenvalue weighted by atomic mass is 10.0. The van der Waals surface area contributed by atoms with Crippen LogP contribution in [0.2, 0.25) is 0 Å². The molecule has 0 spiro atoms. The lowest BCUT2D eigenvalue weighted by molar-refractivity contribution is 0.206. The van der Waals surface area contributed by atoms with E-state index in [1.54, 1.807) is 11.3 Å². The topological polar surface area (TPSA) is 37.2 Å². The number of nitrogens with zero attached hydrogens (tertiary/aromatic N) is 5. The van der Waals surface area contributed by atoms with Crippen molar-refractivity contribution in [3.05, 3.63) is 46.2 Å². The van der Waals surface area contributed by atoms with Crippen molar-refractivity contribution in [2.45, 2.75) is 20.3 Å². The largest absolute Gasteiger partial charge is 0.366 e. The van der Waals surface area contributed by atoms with Gasteiger partial charge in [0.25, 0.3) is 0 Å². The molecule has 0 aliphatic carbocycles. The number of piperazine rings is 1. The van der Waals surface area contributed by atoms with E-state index < -0.39 is 0 Å². The maximum Gasteiger partial charge on any atom is 0.179 e. The molecule has 1 saturated heterocycles. The smallest absolute Gasteiger partial charge is 0.179 e. The van der Waals surface area contributed by atoms with Crippen molar-refractivity contribution in [2.75, 3.05) is 33.2 Å². The molecule has 2 aromatic rings. The van der Waals surface area contributed by atoms with Crippen LogP contribution in [0.4, 0.5) is 0 Å². The van der Waals surface area contributed by atoms with Crippen LogP contribution >= 0.6 is 11.3 Å². The predicted molar refractivity (Wildman–Crippen MR) is 103 cm³/mol. The summed E-state index contributed by atoms with van der Waals surface area (Å²) in [5.41, 5.74) is 2.40. The van der Waals surface area contributed by atoms with Gasteiger partial charge in [0.1, 0.15) is 5.82 Å². The second kappa shape index (κ2) is 6.77. The van der Waals surface area contributed by atoms with Crippen molar-refractivity contribution in [3.63, 3.8) is 0 Å². The fraction of sp³-hybridized carbons (Fsp3) is 0.474. The van der Waals surface area contributed by atoms with Gasteiger partial charge in [-0.1, -0.05) is 25.1 Å². The first-order chi connectivity index (χ1) is 12.1. The van der Waals surface area contributed by atoms with Gasteiger partial charge >= 0.3 is 0 Å². The van der Waals surface area contributed by atoms with E-state index in [1.807, 2.05) is 6.92 Å². The molecule has 2 aliphatic heterocycles. The molecule has 0 aromatic carbocycles. The van der Waals surface area contributed by atoms with Crippen molar-refractivity contribution >= 4 is 22.7 Å². The highest BCUT2D eigenvalue weighted by Crippen LogP contribution is 2.31. The van der Waals surface area contributed by atoms with Crippen LogP contribution in [0.25, 0.3) is 11.4 Å². The molecule has 1 unspecified atom stereocenters. The molecule has 0 amide bonds. The van der Waals surface area contributed by atoms with Gasteiger partial charge in [-0.05, 0) is 37.8 Å². The Kier molecular flexibility index (Phi) is 4.48. The van der Waals surface area contributed by atoms with Crippen LogP contribution in [0.1, 0.15) is 29.9 Å². The number of hydrogen-bond donors (Lipinski definition) is 0. The SMILES string of the molecule is Cc1nc2n(n1)C(c1cccs1)=CC(C)CC=C2N1CCN(C)CC1. The number of hydrogen-bond acceptors (Lipinski definition) is 5. The van der Waals surface area contributed by atoms with Crippen LogP contribution in [0.15, 0.2) is 29.7 Å². The second-order valence-electron chi connectivity index (χ2n) is 7.02. The molecule has 0 N–H and O–H groups in total. The summed E-state index contributed by atoms with van der Waals surface area (Å²) in [7, 11) is 2.19. The lowest BCUT2D eigenvalue weighted by Crippen LogP contribution is -2.43. The molecule has 5 nitrogen and oxygen atoms in total. The van der Waals surface area contributed by atoms with Crippen LogP contribution in [0.3, 0.4) is 0 Å². The van der Waals surface area contributed by atoms with E-state index in [1.165, 1.54) is 10.6 Å². The van der Waals surface area contributed by atoms with Crippen LogP contribution < -0.4 is 0 Å². The van der Waals surface area contributed by atoms with E-state index in [-0.39, 0.29) is 0 Å². The molecular formula is C19H25N5S. The molecule has 25 heavy (non-hydrogen) atoms. The van der Waals surface area contributed by atoms with Gasteiger partial charge in [0.2, 0.25) is 0 Å². The van der Waals surface area contributed by atoms with Crippen molar-refractivity contribution in [3.8, 4) is 0 Å². The summed E-state index contributed by atoms with van der Waals surface area (Å²) in [6.45, 7) is 8.53. The average molecular weight is 356 g/mol. The number of aryl methyl sites for hydroxylation is 1. The number of aromatic nitrogens is 3. The lowest BCUT2D eigenvalue weighted by Gasteiger charge is -2.35. The molecule has 2 aliphatic rings. The number of fused-ring (bicyclic) bond motifs is 1. The number of likely N-dealkylation sites (N-methyl/N-ethyl adjacent to an activating group) is 1. The summed E-state index contributed by atoms with van der Waals surface area (Å²) in [5.74, 6) is 2.28. The first-order valence-corrected chi connectivity index (χ1v) is 9.83. The molecule has 132 valence electrons. The maximum absolute atomic E-state index is 4.81. The Morgan fingerprint density at radius 2 is 1.96 bits per heavy atom. The molecule has 2 aromatic heterocycles. The van der Waals surface area contributed by atoms with Crippen LogP contribution in [-0.2, 0) is 0 Å². The number of thiophene rings is 1. The predicted octanol–water partition coefficient (Wildman–Crippen LogP) is 3.17. The van der Waals surface area contributed by atoms with E-state index in [0.29, 0.717) is 5.92 Å². The quantitative estimate of drug-likeness (QED) is 0.829. The molecule has 1 fully saturated rings. The van der Waals surface area contributed by atoms with Gasteiger partial charge in [-0.3, -0.25) is 0 Å². The van der Waals surface area contributed by atoms with Crippen molar-refractivity contribution in [2.24, 2.45) is 5.92 Å². The van der Waals surface area contributed by atoms with Gasteiger partial charge in [0.15, 0.2) is 5.82 Å². The zero-order chi connectivity index (χ0) is 17.4. The normalized spacial score (nSPS) is 22.0. The van der Waals surface area contributed by atoms with Gasteiger partial charge in [0.05, 0.1) is 16.3 Å². The molecule has 6 heteroatoms. The van der Waals surface area contributed by atoms with Gasteiger partial charge < -0.3 is 9.80 Å². The molecular weight excluding hydrogens is 330 g/mol. The third-order valence-electron chi connectivity index (χ3n) is 4.91. The maximum atomic E-state index is 4.81. The summed E-state index contributed by atoms with van der Waals surface area (Å²) in [5, 5.41) is 6.88. The Morgan fingerprint density at radius 3 is 2.68 bits per heavy atom. The van der Waals surface area contributed by atoms with Crippen LogP contribution in [0.5, 0.6) is 0 Å². The highest BCUT2D eigenvalue weighted by molar-refractivity contribution is 7.11. The molecule has 0 saturated carbocycles. The van der Waals surface area contributed by atoms with Gasteiger partial charge in [-0.15, -0.1) is 11.3 Å². The van der Waals surface area contributed by atoms with E-state index in [0.717, 1.165) is 49.9 Å². The van der Waals surface area contributed by atoms with Crippen LogP contribution in [-0.4, -0.2) is 57.8 Å². The summed E-state index contributed by atoms with van der Waals surface area (Å²) in [6.07, 6.45) is 5.72. The summed E-state index contributed by atoms with van der Waals surface area (Å²) in [6, 6.07) is 4.27. The van der Waals surface area contributed by atoms with Crippen molar-refractivity contribution in [1.82, 2.24) is 24.6 Å². The van der Waals surface area contributed by atoms with E-state index in [9.17, 15) is 0 Å². The monoisotopic (exact) mass is 355 g/mol. The minimum absolute atomic E-state index is 0.470. The van der Waals surface area contributed by atoms with Gasteiger partial charge in [-0.25, -0.2) is 9.67 Å². The Labute approximate surface area is 153 Å². The molecule has 4 heterocycles. The fourth-order valence-electron chi connectivity index (χ4n) is 3.47. The van der Waals surface area contributed by atoms with E-state index in [4.69, 9.17) is 10.1 Å². The average Bonchev–Trinajstić information content (AvgIpc) is 3.23. The molecule has 1 atom stereocenters. The van der Waals surface area contributed by atoms with Crippen molar-refractivity contribution < 1.29 is 0 Å². The van der Waals surface area contributed by atoms with Crippen molar-refractivity contribution in [1.29, 1.82) is 0 Å². The van der Waals surface area contributed by atoms with E-state index in [2.05, 4.69) is 58.1 Å². The minimum atomic E-state index is 0.470. The highest BCUT2D eigenvalue weighted by atomic mass is 32.1. The van der Waals surface area contributed by atoms with Gasteiger partial charge in [0, 0.05) is 26.2 Å². The summed E-state index contributed by atoms with van der Waals surface area (Å²) >= 11 is 1.76. The highest BCUT2D eigenvalue weighted by Gasteiger charge is 2.25. The molecule has 0 bridgehead atoms. The first kappa shape index (κ1) is 16.5. The Hall–Kier alpha value is -1.92. The van der Waals surface area contributed by atoms with Crippen LogP contribution in [0, 0.1) is 12.8 Å². The molecule has 0 radical (unpaired) electrons. The Bertz CT molecular complexity index is 794. The summed E-state index contributed by atoms with van der Waals surface area (Å²) in [4.78, 5) is 10.9. The summed E-state index contributed by atoms with van der Waals surface area (Å²) < 4.78 is 2.06. The van der Waals surface area contributed by atoms with E-state index >= 15 is 0 Å². The van der Waals surface area contributed by atoms with Gasteiger partial charge in [-0.2, -0.15) is 5.10 Å². The number of rotatable bonds is 2. The zero-order valence-corrected chi connectivity index (χ0v) is 16.0. The second-order valence-corrected chi connectivity index (χ2v) is 7.96. The number of allylic oxidation sites excluding steroid dienone is 2.